The predicted octanol–water partition coefficient (Wildman–Crippen LogP) is 3.34. The maximum atomic E-state index is 13.1. The van der Waals surface area contributed by atoms with Crippen LogP contribution in [0.5, 0.6) is 5.75 Å². The number of halogens is 1. The molecule has 0 N–H and O–H groups in total. The summed E-state index contributed by atoms with van der Waals surface area (Å²) in [4.78, 5) is 29.2. The average molecular weight is 460 g/mol. The Bertz CT molecular complexity index is 897. The number of hydrogen-bond donors (Lipinski definition) is 0. The lowest BCUT2D eigenvalue weighted by Crippen LogP contribution is -2.46. The number of amides is 1. The second-order valence-electron chi connectivity index (χ2n) is 8.55. The number of carbonyl (C=O) groups is 1. The van der Waals surface area contributed by atoms with Crippen molar-refractivity contribution in [3.05, 3.63) is 47.3 Å². The largest absolute Gasteiger partial charge is 0.496 e. The van der Waals surface area contributed by atoms with Crippen molar-refractivity contribution in [2.24, 2.45) is 0 Å². The SMILES string of the molecule is COc1ccccc1C(=O)N1CCCN(C2CCN(c3nc(C)cc(C)n3)CC2)CC1.Cl. The number of ether oxygens (including phenoxy) is 1. The lowest BCUT2D eigenvalue weighted by Gasteiger charge is -2.38. The van der Waals surface area contributed by atoms with Gasteiger partial charge in [0.15, 0.2) is 0 Å². The molecule has 4 rings (SSSR count). The number of methoxy groups -OCH3 is 1. The first-order valence-corrected chi connectivity index (χ1v) is 11.3. The number of anilines is 1. The zero-order valence-electron chi connectivity index (χ0n) is 19.3. The van der Waals surface area contributed by atoms with Crippen molar-refractivity contribution in [2.45, 2.75) is 39.2 Å². The van der Waals surface area contributed by atoms with Gasteiger partial charge in [-0.05, 0) is 51.3 Å². The highest BCUT2D eigenvalue weighted by molar-refractivity contribution is 5.97. The van der Waals surface area contributed by atoms with Crippen LogP contribution in [-0.2, 0) is 0 Å². The van der Waals surface area contributed by atoms with Gasteiger partial charge in [-0.1, -0.05) is 12.1 Å². The number of aryl methyl sites for hydroxylation is 2. The Morgan fingerprint density at radius 3 is 2.34 bits per heavy atom. The van der Waals surface area contributed by atoms with E-state index >= 15 is 0 Å². The summed E-state index contributed by atoms with van der Waals surface area (Å²) in [6, 6.07) is 10.1. The van der Waals surface area contributed by atoms with Gasteiger partial charge in [0.2, 0.25) is 5.95 Å². The Balaban J connectivity index is 0.00000289. The zero-order valence-corrected chi connectivity index (χ0v) is 20.1. The van der Waals surface area contributed by atoms with E-state index in [-0.39, 0.29) is 18.3 Å². The maximum Gasteiger partial charge on any atom is 0.257 e. The Labute approximate surface area is 197 Å². The van der Waals surface area contributed by atoms with Crippen LogP contribution in [0.15, 0.2) is 30.3 Å². The van der Waals surface area contributed by atoms with Crippen LogP contribution >= 0.6 is 12.4 Å². The number of carbonyl (C=O) groups excluding carboxylic acids is 1. The smallest absolute Gasteiger partial charge is 0.257 e. The molecular weight excluding hydrogens is 426 g/mol. The molecule has 0 radical (unpaired) electrons. The minimum absolute atomic E-state index is 0. The summed E-state index contributed by atoms with van der Waals surface area (Å²) in [7, 11) is 1.62. The van der Waals surface area contributed by atoms with E-state index in [1.54, 1.807) is 7.11 Å². The summed E-state index contributed by atoms with van der Waals surface area (Å²) < 4.78 is 5.39. The van der Waals surface area contributed by atoms with E-state index in [9.17, 15) is 4.79 Å². The van der Waals surface area contributed by atoms with Crippen molar-refractivity contribution >= 4 is 24.3 Å². The molecular formula is C24H34ClN5O2. The molecule has 0 unspecified atom stereocenters. The molecule has 1 aromatic carbocycles. The summed E-state index contributed by atoms with van der Waals surface area (Å²) in [5, 5.41) is 0. The number of piperidine rings is 1. The van der Waals surface area contributed by atoms with E-state index in [0.29, 0.717) is 17.4 Å². The Morgan fingerprint density at radius 2 is 1.66 bits per heavy atom. The van der Waals surface area contributed by atoms with Gasteiger partial charge in [-0.2, -0.15) is 0 Å². The van der Waals surface area contributed by atoms with E-state index in [0.717, 1.165) is 75.9 Å². The van der Waals surface area contributed by atoms with Crippen LogP contribution in [0, 0.1) is 13.8 Å². The molecule has 2 aliphatic heterocycles. The van der Waals surface area contributed by atoms with Crippen molar-refractivity contribution in [1.29, 1.82) is 0 Å². The van der Waals surface area contributed by atoms with Gasteiger partial charge < -0.3 is 14.5 Å². The first-order valence-electron chi connectivity index (χ1n) is 11.3. The van der Waals surface area contributed by atoms with Crippen molar-refractivity contribution in [2.75, 3.05) is 51.3 Å². The molecule has 1 aromatic heterocycles. The first-order chi connectivity index (χ1) is 15.0. The molecule has 0 aliphatic carbocycles. The standard InChI is InChI=1S/C24H33N5O2.ClH/c1-18-17-19(2)26-24(25-18)29-13-9-20(10-14-29)27-11-6-12-28(16-15-27)23(30)21-7-4-5-8-22(21)31-3;/h4-5,7-8,17,20H,6,9-16H2,1-3H3;1H. The Morgan fingerprint density at radius 1 is 0.969 bits per heavy atom. The summed E-state index contributed by atoms with van der Waals surface area (Å²) in [6.45, 7) is 9.54. The average Bonchev–Trinajstić information content (AvgIpc) is 3.04. The highest BCUT2D eigenvalue weighted by Gasteiger charge is 2.29. The van der Waals surface area contributed by atoms with Crippen LogP contribution in [0.4, 0.5) is 5.95 Å². The number of aromatic nitrogens is 2. The van der Waals surface area contributed by atoms with E-state index in [1.807, 2.05) is 49.1 Å². The summed E-state index contributed by atoms with van der Waals surface area (Å²) in [5.74, 6) is 1.58. The third-order valence-corrected chi connectivity index (χ3v) is 6.39. The molecule has 8 heteroatoms. The molecule has 2 aliphatic rings. The van der Waals surface area contributed by atoms with E-state index in [4.69, 9.17) is 4.74 Å². The van der Waals surface area contributed by atoms with Crippen LogP contribution < -0.4 is 9.64 Å². The fraction of sp³-hybridized carbons (Fsp3) is 0.542. The summed E-state index contributed by atoms with van der Waals surface area (Å²) in [5.41, 5.74) is 2.70. The van der Waals surface area contributed by atoms with Gasteiger partial charge in [0.25, 0.3) is 5.91 Å². The van der Waals surface area contributed by atoms with E-state index in [2.05, 4.69) is 19.8 Å². The van der Waals surface area contributed by atoms with Gasteiger partial charge in [-0.3, -0.25) is 9.69 Å². The highest BCUT2D eigenvalue weighted by Crippen LogP contribution is 2.23. The monoisotopic (exact) mass is 459 g/mol. The quantitative estimate of drug-likeness (QED) is 0.698. The minimum Gasteiger partial charge on any atom is -0.496 e. The highest BCUT2D eigenvalue weighted by atomic mass is 35.5. The number of benzene rings is 1. The normalized spacial score (nSPS) is 18.1. The topological polar surface area (TPSA) is 61.8 Å². The van der Waals surface area contributed by atoms with Crippen molar-refractivity contribution in [3.63, 3.8) is 0 Å². The molecule has 0 spiro atoms. The molecule has 7 nitrogen and oxygen atoms in total. The molecule has 3 heterocycles. The van der Waals surface area contributed by atoms with Gasteiger partial charge in [-0.15, -0.1) is 12.4 Å². The Kier molecular flexibility index (Phi) is 8.32. The van der Waals surface area contributed by atoms with Gasteiger partial charge in [0.05, 0.1) is 12.7 Å². The number of nitrogens with zero attached hydrogens (tertiary/aromatic N) is 5. The molecule has 32 heavy (non-hydrogen) atoms. The van der Waals surface area contributed by atoms with Crippen LogP contribution in [0.25, 0.3) is 0 Å². The fourth-order valence-electron chi connectivity index (χ4n) is 4.78. The molecule has 1 amide bonds. The Hall–Kier alpha value is -2.38. The lowest BCUT2D eigenvalue weighted by atomic mass is 10.0. The summed E-state index contributed by atoms with van der Waals surface area (Å²) in [6.07, 6.45) is 3.22. The van der Waals surface area contributed by atoms with E-state index < -0.39 is 0 Å². The number of hydrogen-bond acceptors (Lipinski definition) is 6. The molecule has 0 saturated carbocycles. The summed E-state index contributed by atoms with van der Waals surface area (Å²) >= 11 is 0. The van der Waals surface area contributed by atoms with Crippen LogP contribution in [0.1, 0.15) is 41.0 Å². The third kappa shape index (κ3) is 5.51. The molecule has 2 fully saturated rings. The number of rotatable bonds is 4. The van der Waals surface area contributed by atoms with Gasteiger partial charge >= 0.3 is 0 Å². The molecule has 2 aromatic rings. The van der Waals surface area contributed by atoms with Crippen molar-refractivity contribution < 1.29 is 9.53 Å². The minimum atomic E-state index is 0. The molecule has 0 bridgehead atoms. The predicted molar refractivity (Wildman–Crippen MR) is 129 cm³/mol. The van der Waals surface area contributed by atoms with Crippen molar-refractivity contribution in [3.8, 4) is 5.75 Å². The second kappa shape index (κ2) is 11.0. The molecule has 2 saturated heterocycles. The van der Waals surface area contributed by atoms with Crippen LogP contribution in [0.3, 0.4) is 0 Å². The number of para-hydroxylation sites is 1. The molecule has 174 valence electrons. The fourth-order valence-corrected chi connectivity index (χ4v) is 4.78. The third-order valence-electron chi connectivity index (χ3n) is 6.39. The van der Waals surface area contributed by atoms with Gasteiger partial charge in [0, 0.05) is 56.7 Å². The second-order valence-corrected chi connectivity index (χ2v) is 8.55. The maximum absolute atomic E-state index is 13.1. The molecule has 0 atom stereocenters. The van der Waals surface area contributed by atoms with Crippen molar-refractivity contribution in [1.82, 2.24) is 19.8 Å². The van der Waals surface area contributed by atoms with Crippen LogP contribution in [-0.4, -0.2) is 78.1 Å². The first kappa shape index (κ1) is 24.3. The van der Waals surface area contributed by atoms with E-state index in [1.165, 1.54) is 0 Å². The zero-order chi connectivity index (χ0) is 21.8. The van der Waals surface area contributed by atoms with Crippen LogP contribution in [0.2, 0.25) is 0 Å². The van der Waals surface area contributed by atoms with Gasteiger partial charge in [-0.25, -0.2) is 9.97 Å². The van der Waals surface area contributed by atoms with Gasteiger partial charge in [0.1, 0.15) is 5.75 Å². The lowest BCUT2D eigenvalue weighted by molar-refractivity contribution is 0.0753.